The molecule has 51 heavy (non-hydrogen) atoms. The lowest BCUT2D eigenvalue weighted by Crippen LogP contribution is -2.06. The first-order valence-corrected chi connectivity index (χ1v) is 16.6. The molecule has 0 aliphatic heterocycles. The smallest absolute Gasteiger partial charge is 0.354 e. The third kappa shape index (κ3) is 4.49. The second-order valence-electron chi connectivity index (χ2n) is 12.7. The maximum absolute atomic E-state index is 14.1. The average molecular weight is 670 g/mol. The quantitative estimate of drug-likeness (QED) is 0.203. The molecule has 6 aromatic carbocycles. The van der Waals surface area contributed by atoms with Crippen LogP contribution in [-0.4, -0.2) is 24.1 Å². The van der Waals surface area contributed by atoms with Gasteiger partial charge in [0.25, 0.3) is 0 Å². The van der Waals surface area contributed by atoms with E-state index in [0.29, 0.717) is 22.5 Å². The van der Waals surface area contributed by atoms with E-state index >= 15 is 0 Å². The predicted molar refractivity (Wildman–Crippen MR) is 198 cm³/mol. The first kappa shape index (κ1) is 29.3. The summed E-state index contributed by atoms with van der Waals surface area (Å²) >= 11 is 0. The van der Waals surface area contributed by atoms with Gasteiger partial charge in [0.2, 0.25) is 0 Å². The summed E-state index contributed by atoms with van der Waals surface area (Å²) in [5.74, 6) is 1.35. The number of halogens is 3. The summed E-state index contributed by atoms with van der Waals surface area (Å²) < 4.78 is 46.3. The molecule has 0 radical (unpaired) electrons. The number of pyridine rings is 1. The number of rotatable bonds is 4. The van der Waals surface area contributed by atoms with Gasteiger partial charge in [0.15, 0.2) is 0 Å². The molecule has 1 N–H and O–H groups in total. The molecule has 8 heteroatoms. The number of nitrogens with one attached hydrogen (secondary N) is 1. The van der Waals surface area contributed by atoms with E-state index in [-0.39, 0.29) is 0 Å². The van der Waals surface area contributed by atoms with Crippen LogP contribution >= 0.6 is 0 Å². The van der Waals surface area contributed by atoms with Crippen LogP contribution < -0.4 is 0 Å². The number of hydrogen-bond acceptors (Lipinski definition) is 2. The zero-order chi connectivity index (χ0) is 34.3. The Morgan fingerprint density at radius 3 is 2.14 bits per heavy atom. The number of para-hydroxylation sites is 4. The fourth-order valence-corrected chi connectivity index (χ4v) is 7.53. The number of hydrogen-bond donors (Lipinski definition) is 1. The highest BCUT2D eigenvalue weighted by molar-refractivity contribution is 6.13. The van der Waals surface area contributed by atoms with Crippen molar-refractivity contribution < 1.29 is 13.2 Å². The van der Waals surface area contributed by atoms with E-state index in [1.807, 2.05) is 83.4 Å². The predicted octanol–water partition coefficient (Wildman–Crippen LogP) is 11.5. The van der Waals surface area contributed by atoms with Crippen molar-refractivity contribution in [2.24, 2.45) is 0 Å². The highest BCUT2D eigenvalue weighted by Gasteiger charge is 2.31. The van der Waals surface area contributed by atoms with Crippen molar-refractivity contribution in [3.05, 3.63) is 157 Å². The lowest BCUT2D eigenvalue weighted by molar-refractivity contribution is -0.137. The number of H-pyrrole nitrogens is 1. The van der Waals surface area contributed by atoms with Crippen molar-refractivity contribution in [2.45, 2.75) is 6.18 Å². The highest BCUT2D eigenvalue weighted by atomic mass is 19.4. The van der Waals surface area contributed by atoms with Gasteiger partial charge in [-0.05, 0) is 66.2 Å². The molecule has 5 nitrogen and oxygen atoms in total. The maximum Gasteiger partial charge on any atom is 0.416 e. The topological polar surface area (TPSA) is 51.4 Å². The molecule has 4 heterocycles. The van der Waals surface area contributed by atoms with Crippen LogP contribution in [0.15, 0.2) is 152 Å². The fraction of sp³-hybridized carbons (Fsp3) is 0.0233. The Labute approximate surface area is 288 Å². The molecule has 0 unspecified atom stereocenters. The number of benzene rings is 6. The Hall–Kier alpha value is -6.67. The minimum atomic E-state index is -4.50. The molecule has 0 atom stereocenters. The second-order valence-corrected chi connectivity index (χ2v) is 12.7. The van der Waals surface area contributed by atoms with Crippen LogP contribution in [0, 0.1) is 0 Å². The molecule has 0 spiro atoms. The molecule has 244 valence electrons. The van der Waals surface area contributed by atoms with Gasteiger partial charge in [0.05, 0.1) is 33.1 Å². The van der Waals surface area contributed by atoms with Gasteiger partial charge in [-0.3, -0.25) is 9.13 Å². The third-order valence-corrected chi connectivity index (χ3v) is 9.76. The first-order valence-electron chi connectivity index (χ1n) is 16.6. The Bertz CT molecular complexity index is 2970. The molecule has 0 bridgehead atoms. The van der Waals surface area contributed by atoms with Crippen LogP contribution in [0.25, 0.3) is 88.7 Å². The summed E-state index contributed by atoms with van der Waals surface area (Å²) in [6, 6.07) is 45.9. The van der Waals surface area contributed by atoms with E-state index < -0.39 is 11.7 Å². The zero-order valence-corrected chi connectivity index (χ0v) is 26.9. The standard InChI is InChI=1S/C43H26F3N5/c44-43(45,46)27-10-7-11-28(25-27)50-37-19-9-14-29(41(37)49-42(50)34-16-8-15-33-30-12-1-3-17-35(30)48-40(33)34)26-21-22-32-31-13-2-4-18-36(31)51(38(32)24-26)39-20-5-6-23-47-39/h1-25,48H. The van der Waals surface area contributed by atoms with Gasteiger partial charge in [-0.1, -0.05) is 84.9 Å². The van der Waals surface area contributed by atoms with Crippen LogP contribution in [0.3, 0.4) is 0 Å². The van der Waals surface area contributed by atoms with E-state index in [4.69, 9.17) is 4.98 Å². The summed E-state index contributed by atoms with van der Waals surface area (Å²) in [7, 11) is 0. The van der Waals surface area contributed by atoms with Crippen molar-refractivity contribution in [1.82, 2.24) is 24.1 Å². The Balaban J connectivity index is 1.27. The van der Waals surface area contributed by atoms with Crippen molar-refractivity contribution in [3.63, 3.8) is 0 Å². The number of fused-ring (bicyclic) bond motifs is 7. The number of imidazole rings is 1. The molecule has 10 rings (SSSR count). The summed E-state index contributed by atoms with van der Waals surface area (Å²) in [5, 5.41) is 4.28. The van der Waals surface area contributed by atoms with Gasteiger partial charge < -0.3 is 4.98 Å². The van der Waals surface area contributed by atoms with E-state index in [1.165, 1.54) is 12.1 Å². The van der Waals surface area contributed by atoms with Crippen LogP contribution in [0.2, 0.25) is 0 Å². The lowest BCUT2D eigenvalue weighted by atomic mass is 10.0. The molecule has 0 aliphatic carbocycles. The molecule has 4 aromatic heterocycles. The minimum absolute atomic E-state index is 0.373. The van der Waals surface area contributed by atoms with E-state index in [2.05, 4.69) is 57.0 Å². The number of aromatic nitrogens is 5. The zero-order valence-electron chi connectivity index (χ0n) is 26.9. The summed E-state index contributed by atoms with van der Waals surface area (Å²) in [5.41, 5.74) is 7.48. The summed E-state index contributed by atoms with van der Waals surface area (Å²) in [6.07, 6.45) is -2.72. The largest absolute Gasteiger partial charge is 0.416 e. The molecule has 10 aromatic rings. The minimum Gasteiger partial charge on any atom is -0.354 e. The molecule has 0 aliphatic rings. The summed E-state index contributed by atoms with van der Waals surface area (Å²) in [4.78, 5) is 13.5. The number of nitrogens with zero attached hydrogens (tertiary/aromatic N) is 4. The Morgan fingerprint density at radius 2 is 1.27 bits per heavy atom. The number of alkyl halides is 3. The summed E-state index contributed by atoms with van der Waals surface area (Å²) in [6.45, 7) is 0. The molecular weight excluding hydrogens is 644 g/mol. The van der Waals surface area contributed by atoms with Crippen LogP contribution in [0.1, 0.15) is 5.56 Å². The fourth-order valence-electron chi connectivity index (χ4n) is 7.53. The van der Waals surface area contributed by atoms with Gasteiger partial charge in [0, 0.05) is 50.1 Å². The van der Waals surface area contributed by atoms with Gasteiger partial charge in [0.1, 0.15) is 11.6 Å². The molecule has 0 saturated carbocycles. The molecule has 0 fully saturated rings. The Kier molecular flexibility index (Phi) is 6.26. The second kappa shape index (κ2) is 10.9. The van der Waals surface area contributed by atoms with Crippen LogP contribution in [0.5, 0.6) is 0 Å². The monoisotopic (exact) mass is 669 g/mol. The SMILES string of the molecule is FC(F)(F)c1cccc(-n2c(-c3cccc4c3[nH]c3ccccc34)nc3c(-c4ccc5c6ccccc6n(-c6ccccn6)c5c4)cccc32)c1. The number of aromatic amines is 1. The van der Waals surface area contributed by atoms with Crippen molar-refractivity contribution in [3.8, 4) is 34.0 Å². The molecule has 0 saturated heterocycles. The molecular formula is C43H26F3N5. The van der Waals surface area contributed by atoms with Crippen LogP contribution in [0.4, 0.5) is 13.2 Å². The van der Waals surface area contributed by atoms with E-state index in [1.54, 1.807) is 12.3 Å². The van der Waals surface area contributed by atoms with Crippen LogP contribution in [-0.2, 0) is 6.18 Å². The van der Waals surface area contributed by atoms with Gasteiger partial charge >= 0.3 is 6.18 Å². The lowest BCUT2D eigenvalue weighted by Gasteiger charge is -2.13. The normalized spacial score (nSPS) is 12.2. The van der Waals surface area contributed by atoms with Gasteiger partial charge in [-0.15, -0.1) is 0 Å². The van der Waals surface area contributed by atoms with E-state index in [0.717, 1.165) is 72.2 Å². The van der Waals surface area contributed by atoms with Crippen molar-refractivity contribution in [2.75, 3.05) is 0 Å². The maximum atomic E-state index is 14.1. The van der Waals surface area contributed by atoms with E-state index in [9.17, 15) is 13.2 Å². The van der Waals surface area contributed by atoms with Crippen molar-refractivity contribution in [1.29, 1.82) is 0 Å². The average Bonchev–Trinajstić information content (AvgIpc) is 3.84. The van der Waals surface area contributed by atoms with Gasteiger partial charge in [-0.2, -0.15) is 13.2 Å². The first-order chi connectivity index (χ1) is 24.9. The Morgan fingerprint density at radius 1 is 0.549 bits per heavy atom. The molecule has 0 amide bonds. The third-order valence-electron chi connectivity index (χ3n) is 9.76. The van der Waals surface area contributed by atoms with Crippen molar-refractivity contribution >= 4 is 54.6 Å². The van der Waals surface area contributed by atoms with Gasteiger partial charge in [-0.25, -0.2) is 9.97 Å². The highest BCUT2D eigenvalue weighted by Crippen LogP contribution is 2.41.